The zero-order chi connectivity index (χ0) is 18.6. The molecule has 1 amide bonds. The zero-order valence-electron chi connectivity index (χ0n) is 14.5. The Kier molecular flexibility index (Phi) is 4.52. The molecule has 0 fully saturated rings. The van der Waals surface area contributed by atoms with E-state index in [1.807, 2.05) is 48.5 Å². The molecule has 2 aliphatic heterocycles. The molecule has 0 bridgehead atoms. The topological polar surface area (TPSA) is 101 Å². The first kappa shape index (κ1) is 16.8. The summed E-state index contributed by atoms with van der Waals surface area (Å²) in [7, 11) is 1.46. The number of hydrogen-bond acceptors (Lipinski definition) is 7. The fraction of sp³-hybridized carbons (Fsp3) is 0.158. The van der Waals surface area contributed by atoms with Crippen molar-refractivity contribution in [3.05, 3.63) is 66.0 Å². The summed E-state index contributed by atoms with van der Waals surface area (Å²) in [6.07, 6.45) is 1.58. The predicted octanol–water partition coefficient (Wildman–Crippen LogP) is 1.90. The number of amides is 1. The zero-order valence-corrected chi connectivity index (χ0v) is 14.5. The van der Waals surface area contributed by atoms with Gasteiger partial charge in [0.05, 0.1) is 24.9 Å². The van der Waals surface area contributed by atoms with Gasteiger partial charge in [0.15, 0.2) is 11.9 Å². The normalized spacial score (nSPS) is 18.3. The summed E-state index contributed by atoms with van der Waals surface area (Å²) in [6.45, 7) is 0. The van der Waals surface area contributed by atoms with Crippen molar-refractivity contribution in [2.75, 3.05) is 7.11 Å². The Morgan fingerprint density at radius 1 is 1.07 bits per heavy atom. The van der Waals surface area contributed by atoms with E-state index in [1.165, 1.54) is 7.11 Å². The molecule has 2 aliphatic rings. The number of nitrogens with zero attached hydrogens (tertiary/aromatic N) is 5. The van der Waals surface area contributed by atoms with E-state index in [0.29, 0.717) is 18.0 Å². The fourth-order valence-electron chi connectivity index (χ4n) is 2.74. The minimum Gasteiger partial charge on any atom is -0.480 e. The Hall–Kier alpha value is -3.68. The number of amidine groups is 1. The number of nitrogens with one attached hydrogen (secondary N) is 1. The third kappa shape index (κ3) is 3.50. The van der Waals surface area contributed by atoms with Gasteiger partial charge < -0.3 is 10.1 Å². The van der Waals surface area contributed by atoms with Crippen molar-refractivity contribution in [3.63, 3.8) is 0 Å². The third-order valence-electron chi connectivity index (χ3n) is 4.04. The van der Waals surface area contributed by atoms with Crippen LogP contribution in [0.1, 0.15) is 23.8 Å². The van der Waals surface area contributed by atoms with Crippen LogP contribution in [0.4, 0.5) is 0 Å². The lowest BCUT2D eigenvalue weighted by atomic mass is 10.2. The molecule has 0 saturated carbocycles. The maximum Gasteiger partial charge on any atom is 0.280 e. The Morgan fingerprint density at radius 3 is 2.63 bits per heavy atom. The molecule has 8 nitrogen and oxygen atoms in total. The Balaban J connectivity index is 1.45. The number of rotatable bonds is 3. The highest BCUT2D eigenvalue weighted by Gasteiger charge is 2.30. The molecule has 134 valence electrons. The maximum absolute atomic E-state index is 12.6. The van der Waals surface area contributed by atoms with Crippen LogP contribution in [0.2, 0.25) is 0 Å². The van der Waals surface area contributed by atoms with Crippen molar-refractivity contribution < 1.29 is 9.53 Å². The van der Waals surface area contributed by atoms with E-state index in [2.05, 4.69) is 30.5 Å². The smallest absolute Gasteiger partial charge is 0.280 e. The molecule has 1 atom stereocenters. The molecule has 4 rings (SSSR count). The summed E-state index contributed by atoms with van der Waals surface area (Å²) in [5.41, 5.74) is 2.45. The molecule has 1 unspecified atom stereocenters. The van der Waals surface area contributed by atoms with Gasteiger partial charge in [0.2, 0.25) is 5.90 Å². The highest BCUT2D eigenvalue weighted by atomic mass is 16.5. The van der Waals surface area contributed by atoms with E-state index in [4.69, 9.17) is 4.74 Å². The summed E-state index contributed by atoms with van der Waals surface area (Å²) in [6, 6.07) is 15.1. The van der Waals surface area contributed by atoms with Crippen LogP contribution in [0.25, 0.3) is 0 Å². The van der Waals surface area contributed by atoms with E-state index in [0.717, 1.165) is 11.3 Å². The number of ether oxygens (including phenoxy) is 1. The van der Waals surface area contributed by atoms with Crippen LogP contribution >= 0.6 is 0 Å². The van der Waals surface area contributed by atoms with Gasteiger partial charge in [-0.2, -0.15) is 5.10 Å². The first-order valence-electron chi connectivity index (χ1n) is 8.35. The van der Waals surface area contributed by atoms with Crippen molar-refractivity contribution in [2.24, 2.45) is 20.2 Å². The number of pyridine rings is 1. The Bertz CT molecular complexity index is 980. The fourth-order valence-corrected chi connectivity index (χ4v) is 2.74. The number of benzene rings is 1. The molecule has 0 saturated heterocycles. The first-order valence-corrected chi connectivity index (χ1v) is 8.35. The quantitative estimate of drug-likeness (QED) is 0.904. The van der Waals surface area contributed by atoms with E-state index in [9.17, 15) is 4.79 Å². The first-order chi connectivity index (χ1) is 13.2. The van der Waals surface area contributed by atoms with Gasteiger partial charge >= 0.3 is 0 Å². The molecule has 8 heteroatoms. The standard InChI is InChI=1S/C19H16N6O2/c1-27-19-16(22-17(23-19)12-7-3-2-4-8-12)18(26)21-15-11-14(24-25-15)13-9-5-6-10-20-13/h2-10,17H,11H2,1H3,(H,21,25,26). The van der Waals surface area contributed by atoms with Gasteiger partial charge in [0.1, 0.15) is 5.84 Å². The van der Waals surface area contributed by atoms with E-state index < -0.39 is 12.1 Å². The second-order valence-corrected chi connectivity index (χ2v) is 5.84. The summed E-state index contributed by atoms with van der Waals surface area (Å²) in [5, 5.41) is 10.9. The lowest BCUT2D eigenvalue weighted by Gasteiger charge is -2.05. The molecule has 0 radical (unpaired) electrons. The van der Waals surface area contributed by atoms with Crippen molar-refractivity contribution in [3.8, 4) is 0 Å². The molecule has 1 N–H and O–H groups in total. The summed E-state index contributed by atoms with van der Waals surface area (Å²) >= 11 is 0. The third-order valence-corrected chi connectivity index (χ3v) is 4.04. The van der Waals surface area contributed by atoms with Crippen LogP contribution < -0.4 is 5.32 Å². The Labute approximate surface area is 155 Å². The SMILES string of the molecule is COC1=NC(c2ccccc2)N=C1C(=O)NC1=NN=C(c2ccccn2)C1. The monoisotopic (exact) mass is 360 g/mol. The van der Waals surface area contributed by atoms with Crippen LogP contribution in [-0.2, 0) is 9.53 Å². The highest BCUT2D eigenvalue weighted by molar-refractivity contribution is 6.66. The molecule has 3 heterocycles. The molecule has 2 aromatic rings. The van der Waals surface area contributed by atoms with Crippen LogP contribution in [0.3, 0.4) is 0 Å². The van der Waals surface area contributed by atoms with Gasteiger partial charge in [-0.3, -0.25) is 9.78 Å². The second-order valence-electron chi connectivity index (χ2n) is 5.84. The van der Waals surface area contributed by atoms with Gasteiger partial charge in [-0.05, 0) is 17.7 Å². The average Bonchev–Trinajstić information content (AvgIpc) is 3.36. The molecular weight excluding hydrogens is 344 g/mol. The second kappa shape index (κ2) is 7.28. The number of carbonyl (C=O) groups is 1. The largest absolute Gasteiger partial charge is 0.480 e. The number of aliphatic imine (C=N–C) groups is 2. The molecule has 27 heavy (non-hydrogen) atoms. The number of hydrogen-bond donors (Lipinski definition) is 1. The number of carbonyl (C=O) groups excluding carboxylic acids is 1. The molecule has 0 aliphatic carbocycles. The molecule has 0 spiro atoms. The lowest BCUT2D eigenvalue weighted by molar-refractivity contribution is -0.113. The van der Waals surface area contributed by atoms with E-state index in [1.54, 1.807) is 6.20 Å². The van der Waals surface area contributed by atoms with Gasteiger partial charge in [-0.25, -0.2) is 9.98 Å². The Morgan fingerprint density at radius 2 is 1.89 bits per heavy atom. The number of methoxy groups -OCH3 is 1. The van der Waals surface area contributed by atoms with Gasteiger partial charge in [-0.15, -0.1) is 5.10 Å². The van der Waals surface area contributed by atoms with Crippen LogP contribution in [0.15, 0.2) is 74.9 Å². The van der Waals surface area contributed by atoms with Crippen molar-refractivity contribution >= 4 is 29.1 Å². The summed E-state index contributed by atoms with van der Waals surface area (Å²) in [4.78, 5) is 25.7. The van der Waals surface area contributed by atoms with Crippen LogP contribution in [0, 0.1) is 0 Å². The summed E-state index contributed by atoms with van der Waals surface area (Å²) in [5.74, 6) is 0.207. The van der Waals surface area contributed by atoms with Crippen LogP contribution in [-0.4, -0.2) is 41.2 Å². The van der Waals surface area contributed by atoms with Gasteiger partial charge in [0, 0.05) is 6.20 Å². The van der Waals surface area contributed by atoms with Gasteiger partial charge in [-0.1, -0.05) is 36.4 Å². The predicted molar refractivity (Wildman–Crippen MR) is 102 cm³/mol. The van der Waals surface area contributed by atoms with Crippen molar-refractivity contribution in [2.45, 2.75) is 12.6 Å². The maximum atomic E-state index is 12.6. The molecule has 1 aromatic heterocycles. The minimum atomic E-state index is -0.493. The minimum absolute atomic E-state index is 0.139. The molecule has 1 aromatic carbocycles. The average molecular weight is 360 g/mol. The van der Waals surface area contributed by atoms with E-state index >= 15 is 0 Å². The number of aromatic nitrogens is 1. The lowest BCUT2D eigenvalue weighted by Crippen LogP contribution is -2.39. The van der Waals surface area contributed by atoms with E-state index in [-0.39, 0.29) is 11.6 Å². The van der Waals surface area contributed by atoms with Crippen LogP contribution in [0.5, 0.6) is 0 Å². The van der Waals surface area contributed by atoms with Crippen molar-refractivity contribution in [1.29, 1.82) is 0 Å². The van der Waals surface area contributed by atoms with Gasteiger partial charge in [0.25, 0.3) is 5.91 Å². The molecular formula is C19H16N6O2. The highest BCUT2D eigenvalue weighted by Crippen LogP contribution is 2.24. The van der Waals surface area contributed by atoms with Crippen molar-refractivity contribution in [1.82, 2.24) is 10.3 Å². The summed E-state index contributed by atoms with van der Waals surface area (Å²) < 4.78 is 5.23.